The number of carbonyl (C=O) groups is 3. The van der Waals surface area contributed by atoms with Crippen LogP contribution >= 0.6 is 11.3 Å². The lowest BCUT2D eigenvalue weighted by atomic mass is 9.54. The van der Waals surface area contributed by atoms with Crippen molar-refractivity contribution in [1.82, 2.24) is 0 Å². The maximum absolute atomic E-state index is 13.2. The van der Waals surface area contributed by atoms with Crippen LogP contribution in [0.3, 0.4) is 0 Å². The van der Waals surface area contributed by atoms with Crippen molar-refractivity contribution in [3.8, 4) is 5.75 Å². The number of carbonyl (C=O) groups excluding carboxylic acids is 3. The molecule has 1 heterocycles. The van der Waals surface area contributed by atoms with E-state index in [1.165, 1.54) is 22.5 Å². The zero-order valence-corrected chi connectivity index (χ0v) is 22.1. The lowest BCUT2D eigenvalue weighted by Crippen LogP contribution is -2.43. The molecule has 1 aromatic carbocycles. The van der Waals surface area contributed by atoms with E-state index in [9.17, 15) is 14.4 Å². The van der Waals surface area contributed by atoms with Gasteiger partial charge in [0.25, 0.3) is 0 Å². The topological polar surface area (TPSA) is 90.9 Å². The number of hydrogen-bond acceptors (Lipinski definition) is 7. The van der Waals surface area contributed by atoms with Gasteiger partial charge in [-0.1, -0.05) is 13.0 Å². The van der Waals surface area contributed by atoms with Gasteiger partial charge in [0.2, 0.25) is 0 Å². The van der Waals surface area contributed by atoms with Gasteiger partial charge in [0.05, 0.1) is 25.9 Å². The molecule has 1 amide bonds. The lowest BCUT2D eigenvalue weighted by Gasteiger charge is -2.49. The Bertz CT molecular complexity index is 1220. The van der Waals surface area contributed by atoms with Gasteiger partial charge < -0.3 is 19.5 Å². The summed E-state index contributed by atoms with van der Waals surface area (Å²) in [6, 6.07) is 6.49. The first-order valence-corrected chi connectivity index (χ1v) is 13.6. The van der Waals surface area contributed by atoms with Gasteiger partial charge in [-0.2, -0.15) is 0 Å². The molecule has 0 saturated heterocycles. The van der Waals surface area contributed by atoms with Gasteiger partial charge in [-0.15, -0.1) is 11.3 Å². The number of ether oxygens (including phenoxy) is 3. The van der Waals surface area contributed by atoms with Crippen molar-refractivity contribution in [2.45, 2.75) is 64.2 Å². The van der Waals surface area contributed by atoms with Gasteiger partial charge in [0, 0.05) is 4.88 Å². The smallest absolute Gasteiger partial charge is 0.397 e. The standard InChI is InChI=1S/C28H33NO6S/c1-5-34-26(31)22-23-21(36-25(22)29-24(30)27(32)35-6-2)14-20-19-9-7-15-13-16(33-4)8-10-17(15)18(19)11-12-28(20,23)3/h8,10,13,18-20H,5-7,9,11-12,14H2,1-4H3,(H,29,30)/t18-,19-,20-,28-/m1/s1. The Kier molecular flexibility index (Phi) is 6.57. The van der Waals surface area contributed by atoms with Crippen molar-refractivity contribution in [2.24, 2.45) is 11.8 Å². The average molecular weight is 512 g/mol. The molecule has 7 nitrogen and oxygen atoms in total. The number of methoxy groups -OCH3 is 1. The Morgan fingerprint density at radius 1 is 1.14 bits per heavy atom. The molecule has 1 N–H and O–H groups in total. The fourth-order valence-corrected chi connectivity index (χ4v) is 8.33. The molecule has 8 heteroatoms. The number of anilines is 1. The highest BCUT2D eigenvalue weighted by atomic mass is 32.1. The summed E-state index contributed by atoms with van der Waals surface area (Å²) in [7, 11) is 1.71. The largest absolute Gasteiger partial charge is 0.497 e. The summed E-state index contributed by atoms with van der Waals surface area (Å²) in [6.07, 6.45) is 5.00. The van der Waals surface area contributed by atoms with Crippen LogP contribution in [-0.2, 0) is 37.3 Å². The number of benzene rings is 1. The predicted octanol–water partition coefficient (Wildman–Crippen LogP) is 5.01. The minimum atomic E-state index is -0.956. The second-order valence-electron chi connectivity index (χ2n) is 10.1. The predicted molar refractivity (Wildman–Crippen MR) is 137 cm³/mol. The van der Waals surface area contributed by atoms with Gasteiger partial charge in [-0.25, -0.2) is 9.59 Å². The molecule has 4 atom stereocenters. The van der Waals surface area contributed by atoms with Crippen LogP contribution in [0.1, 0.15) is 77.9 Å². The van der Waals surface area contributed by atoms with E-state index in [0.29, 0.717) is 28.3 Å². The summed E-state index contributed by atoms with van der Waals surface area (Å²) in [5, 5.41) is 3.04. The molecule has 3 aliphatic rings. The van der Waals surface area contributed by atoms with Crippen molar-refractivity contribution in [1.29, 1.82) is 0 Å². The number of thiophene rings is 1. The van der Waals surface area contributed by atoms with E-state index in [1.54, 1.807) is 21.0 Å². The van der Waals surface area contributed by atoms with Crippen molar-refractivity contribution in [2.75, 3.05) is 25.6 Å². The van der Waals surface area contributed by atoms with Crippen molar-refractivity contribution in [3.63, 3.8) is 0 Å². The summed E-state index contributed by atoms with van der Waals surface area (Å²) in [6.45, 7) is 6.03. The molecule has 192 valence electrons. The molecule has 36 heavy (non-hydrogen) atoms. The Balaban J connectivity index is 1.49. The second-order valence-corrected chi connectivity index (χ2v) is 11.2. The molecule has 2 aromatic rings. The highest BCUT2D eigenvalue weighted by Gasteiger charge is 2.55. The van der Waals surface area contributed by atoms with Gasteiger partial charge in [0.15, 0.2) is 0 Å². The third-order valence-electron chi connectivity index (χ3n) is 8.45. The fraction of sp³-hybridized carbons (Fsp3) is 0.536. The van der Waals surface area contributed by atoms with Gasteiger partial charge in [0.1, 0.15) is 10.8 Å². The summed E-state index contributed by atoms with van der Waals surface area (Å²) in [4.78, 5) is 38.7. The summed E-state index contributed by atoms with van der Waals surface area (Å²) in [5.74, 6) is 0.0787. The number of fused-ring (bicyclic) bond motifs is 7. The summed E-state index contributed by atoms with van der Waals surface area (Å²) < 4.78 is 15.7. The number of nitrogens with one attached hydrogen (secondary N) is 1. The summed E-state index contributed by atoms with van der Waals surface area (Å²) >= 11 is 1.40. The molecule has 5 rings (SSSR count). The number of esters is 2. The Hall–Kier alpha value is -2.87. The van der Waals surface area contributed by atoms with Gasteiger partial charge >= 0.3 is 17.8 Å². The first-order valence-electron chi connectivity index (χ1n) is 12.8. The molecule has 3 aliphatic carbocycles. The van der Waals surface area contributed by atoms with Crippen molar-refractivity contribution < 1.29 is 28.6 Å². The normalized spacial score (nSPS) is 25.6. The zero-order chi connectivity index (χ0) is 25.6. The van der Waals surface area contributed by atoms with E-state index in [0.717, 1.165) is 48.3 Å². The maximum Gasteiger partial charge on any atom is 0.397 e. The highest BCUT2D eigenvalue weighted by Crippen LogP contribution is 2.63. The van der Waals surface area contributed by atoms with Crippen LogP contribution in [-0.4, -0.2) is 38.2 Å². The number of hydrogen-bond donors (Lipinski definition) is 1. The number of aryl methyl sites for hydroxylation is 1. The fourth-order valence-electron chi connectivity index (χ4n) is 6.96. The van der Waals surface area contributed by atoms with E-state index >= 15 is 0 Å². The number of amides is 1. The molecule has 1 aromatic heterocycles. The van der Waals surface area contributed by atoms with Crippen LogP contribution in [0.5, 0.6) is 5.75 Å². The van der Waals surface area contributed by atoms with E-state index in [-0.39, 0.29) is 18.6 Å². The Morgan fingerprint density at radius 3 is 2.64 bits per heavy atom. The van der Waals surface area contributed by atoms with E-state index in [1.807, 2.05) is 0 Å². The third kappa shape index (κ3) is 3.90. The molecule has 1 saturated carbocycles. The molecule has 0 unspecified atom stereocenters. The van der Waals surface area contributed by atoms with Crippen LogP contribution in [0, 0.1) is 11.8 Å². The van der Waals surface area contributed by atoms with Crippen LogP contribution in [0.25, 0.3) is 0 Å². The van der Waals surface area contributed by atoms with Gasteiger partial charge in [-0.05, 0) is 97.9 Å². The molecular weight excluding hydrogens is 478 g/mol. The number of rotatable bonds is 5. The minimum Gasteiger partial charge on any atom is -0.497 e. The SMILES string of the molecule is CCOC(=O)C(=O)Nc1sc2c(c1C(=O)OCC)[C@]1(C)CC[C@@H]3c4ccc(OC)cc4CC[C@H]3[C@H]1C2. The minimum absolute atomic E-state index is 0.107. The molecular formula is C28H33NO6S. The van der Waals surface area contributed by atoms with E-state index in [2.05, 4.69) is 30.4 Å². The maximum atomic E-state index is 13.2. The highest BCUT2D eigenvalue weighted by molar-refractivity contribution is 7.17. The summed E-state index contributed by atoms with van der Waals surface area (Å²) in [5.41, 5.74) is 4.07. The van der Waals surface area contributed by atoms with E-state index in [4.69, 9.17) is 14.2 Å². The van der Waals surface area contributed by atoms with Crippen LogP contribution in [0.2, 0.25) is 0 Å². The average Bonchev–Trinajstić information content (AvgIpc) is 3.37. The Labute approximate surface area is 215 Å². The molecule has 0 spiro atoms. The van der Waals surface area contributed by atoms with Gasteiger partial charge in [-0.3, -0.25) is 4.79 Å². The third-order valence-corrected chi connectivity index (χ3v) is 9.58. The first kappa shape index (κ1) is 24.8. The lowest BCUT2D eigenvalue weighted by molar-refractivity contribution is -0.152. The van der Waals surface area contributed by atoms with Crippen molar-refractivity contribution in [3.05, 3.63) is 45.3 Å². The second kappa shape index (κ2) is 9.54. The molecule has 0 bridgehead atoms. The Morgan fingerprint density at radius 2 is 1.92 bits per heavy atom. The van der Waals surface area contributed by atoms with Crippen LogP contribution < -0.4 is 10.1 Å². The molecule has 0 aliphatic heterocycles. The van der Waals surface area contributed by atoms with Crippen LogP contribution in [0.15, 0.2) is 18.2 Å². The monoisotopic (exact) mass is 511 g/mol. The first-order chi connectivity index (χ1) is 17.3. The van der Waals surface area contributed by atoms with Crippen LogP contribution in [0.4, 0.5) is 5.00 Å². The molecule has 1 fully saturated rings. The zero-order valence-electron chi connectivity index (χ0n) is 21.3. The van der Waals surface area contributed by atoms with E-state index < -0.39 is 17.8 Å². The quantitative estimate of drug-likeness (QED) is 0.449. The van der Waals surface area contributed by atoms with Crippen molar-refractivity contribution >= 4 is 34.2 Å². The molecule has 0 radical (unpaired) electrons.